The molecule has 31 heavy (non-hydrogen) atoms. The molecule has 154 valence electrons. The van der Waals surface area contributed by atoms with Crippen LogP contribution in [0.3, 0.4) is 0 Å². The summed E-state index contributed by atoms with van der Waals surface area (Å²) in [5.41, 5.74) is 3.81. The topological polar surface area (TPSA) is 94.7 Å². The van der Waals surface area contributed by atoms with Crippen molar-refractivity contribution in [1.29, 1.82) is 0 Å². The van der Waals surface area contributed by atoms with Gasteiger partial charge in [0.05, 0.1) is 34.3 Å². The summed E-state index contributed by atoms with van der Waals surface area (Å²) in [5.74, 6) is 0.847. The van der Waals surface area contributed by atoms with E-state index in [1.54, 1.807) is 4.90 Å². The van der Waals surface area contributed by atoms with Crippen LogP contribution >= 0.6 is 0 Å². The third-order valence-electron chi connectivity index (χ3n) is 6.48. The first-order valence-electron chi connectivity index (χ1n) is 10.6. The highest BCUT2D eigenvalue weighted by Crippen LogP contribution is 2.51. The van der Waals surface area contributed by atoms with E-state index < -0.39 is 0 Å². The molecule has 1 saturated carbocycles. The van der Waals surface area contributed by atoms with Crippen LogP contribution in [0.1, 0.15) is 46.1 Å². The largest absolute Gasteiger partial charge is 0.334 e. The molecule has 2 aromatic heterocycles. The van der Waals surface area contributed by atoms with Crippen molar-refractivity contribution >= 4 is 16.9 Å². The number of rotatable bonds is 3. The lowest BCUT2D eigenvalue weighted by Crippen LogP contribution is -2.40. The maximum Gasteiger partial charge on any atom is 0.289 e. The molecule has 1 aliphatic heterocycles. The molecule has 0 radical (unpaired) electrons. The molecule has 0 unspecified atom stereocenters. The highest BCUT2D eigenvalue weighted by molar-refractivity contribution is 5.94. The lowest BCUT2D eigenvalue weighted by Gasteiger charge is -2.28. The molecule has 7 heteroatoms. The standard InChI is InChI=1S/C24H21N5O2/c30-21-16-14-29(22(31)20-25-18-8-4-5-9-19(18)26-20)13-10-17(16)27-23(28-21)24(11-12-24)15-6-2-1-3-7-15/h1-9H,10-14H2,(H,25,26)(H,27,28,30). The fraction of sp³-hybridized carbons (Fsp3) is 0.250. The van der Waals surface area contributed by atoms with Crippen LogP contribution in [-0.4, -0.2) is 37.3 Å². The molecule has 0 atom stereocenters. The van der Waals surface area contributed by atoms with E-state index in [1.807, 2.05) is 42.5 Å². The third kappa shape index (κ3) is 2.88. The van der Waals surface area contributed by atoms with Gasteiger partial charge in [-0.2, -0.15) is 0 Å². The number of amides is 1. The fourth-order valence-electron chi connectivity index (χ4n) is 4.57. The summed E-state index contributed by atoms with van der Waals surface area (Å²) in [4.78, 5) is 43.0. The van der Waals surface area contributed by atoms with Gasteiger partial charge in [-0.25, -0.2) is 9.97 Å². The lowest BCUT2D eigenvalue weighted by atomic mass is 9.94. The summed E-state index contributed by atoms with van der Waals surface area (Å²) in [7, 11) is 0. The van der Waals surface area contributed by atoms with Gasteiger partial charge < -0.3 is 14.9 Å². The van der Waals surface area contributed by atoms with E-state index in [1.165, 1.54) is 5.56 Å². The van der Waals surface area contributed by atoms with Crippen LogP contribution in [0.15, 0.2) is 59.4 Å². The van der Waals surface area contributed by atoms with Crippen LogP contribution in [0.4, 0.5) is 0 Å². The summed E-state index contributed by atoms with van der Waals surface area (Å²) < 4.78 is 0. The van der Waals surface area contributed by atoms with Crippen LogP contribution < -0.4 is 5.56 Å². The van der Waals surface area contributed by atoms with Gasteiger partial charge in [0, 0.05) is 13.0 Å². The van der Waals surface area contributed by atoms with Gasteiger partial charge in [-0.1, -0.05) is 42.5 Å². The van der Waals surface area contributed by atoms with Crippen molar-refractivity contribution in [3.8, 4) is 0 Å². The minimum absolute atomic E-state index is 0.149. The molecule has 6 rings (SSSR count). The Labute approximate surface area is 178 Å². The Morgan fingerprint density at radius 2 is 1.74 bits per heavy atom. The van der Waals surface area contributed by atoms with Gasteiger partial charge in [-0.05, 0) is 30.5 Å². The van der Waals surface area contributed by atoms with Crippen molar-refractivity contribution in [2.45, 2.75) is 31.2 Å². The first-order valence-corrected chi connectivity index (χ1v) is 10.6. The van der Waals surface area contributed by atoms with Gasteiger partial charge >= 0.3 is 0 Å². The van der Waals surface area contributed by atoms with E-state index in [0.717, 1.165) is 35.4 Å². The van der Waals surface area contributed by atoms with Crippen molar-refractivity contribution in [1.82, 2.24) is 24.8 Å². The fourth-order valence-corrected chi connectivity index (χ4v) is 4.57. The second-order valence-corrected chi connectivity index (χ2v) is 8.37. The molecule has 1 amide bonds. The zero-order chi connectivity index (χ0) is 21.0. The number of carbonyl (C=O) groups is 1. The number of H-pyrrole nitrogens is 2. The average molecular weight is 411 g/mol. The second-order valence-electron chi connectivity index (χ2n) is 8.37. The van der Waals surface area contributed by atoms with Crippen LogP contribution in [0.2, 0.25) is 0 Å². The zero-order valence-electron chi connectivity index (χ0n) is 16.9. The van der Waals surface area contributed by atoms with Gasteiger partial charge in [0.1, 0.15) is 5.82 Å². The Morgan fingerprint density at radius 3 is 2.52 bits per heavy atom. The molecular formula is C24H21N5O2. The first kappa shape index (κ1) is 18.1. The molecule has 2 aromatic carbocycles. The van der Waals surface area contributed by atoms with Crippen molar-refractivity contribution < 1.29 is 4.79 Å². The Bertz CT molecular complexity index is 1330. The van der Waals surface area contributed by atoms with E-state index in [4.69, 9.17) is 4.98 Å². The molecular weight excluding hydrogens is 390 g/mol. The maximum atomic E-state index is 13.0. The predicted octanol–water partition coefficient (Wildman–Crippen LogP) is 2.92. The Hall–Kier alpha value is -3.74. The van der Waals surface area contributed by atoms with Gasteiger partial charge in [0.25, 0.3) is 11.5 Å². The number of carbonyl (C=O) groups excluding carboxylic acids is 1. The van der Waals surface area contributed by atoms with Crippen LogP contribution in [-0.2, 0) is 18.4 Å². The first-order chi connectivity index (χ1) is 15.1. The SMILES string of the molecule is O=C(c1nc2ccccc2[nH]1)N1CCc2nc(C3(c4ccccc4)CC3)[nH]c(=O)c2C1. The number of para-hydroxylation sites is 2. The Kier molecular flexibility index (Phi) is 3.86. The number of hydrogen-bond donors (Lipinski definition) is 2. The zero-order valence-corrected chi connectivity index (χ0v) is 16.9. The number of imidazole rings is 1. The number of nitrogens with zero attached hydrogens (tertiary/aromatic N) is 3. The van der Waals surface area contributed by atoms with E-state index in [2.05, 4.69) is 27.1 Å². The highest BCUT2D eigenvalue weighted by Gasteiger charge is 2.48. The molecule has 0 saturated heterocycles. The summed E-state index contributed by atoms with van der Waals surface area (Å²) in [6.07, 6.45) is 2.52. The minimum Gasteiger partial charge on any atom is -0.334 e. The van der Waals surface area contributed by atoms with Gasteiger partial charge in [-0.3, -0.25) is 9.59 Å². The monoisotopic (exact) mass is 411 g/mol. The number of nitrogens with one attached hydrogen (secondary N) is 2. The second kappa shape index (κ2) is 6.63. The minimum atomic E-state index is -0.201. The smallest absolute Gasteiger partial charge is 0.289 e. The van der Waals surface area contributed by atoms with Crippen molar-refractivity contribution in [3.05, 3.63) is 93.4 Å². The van der Waals surface area contributed by atoms with Gasteiger partial charge in [0.15, 0.2) is 5.82 Å². The molecule has 4 aromatic rings. The van der Waals surface area contributed by atoms with E-state index in [0.29, 0.717) is 24.4 Å². The quantitative estimate of drug-likeness (QED) is 0.542. The van der Waals surface area contributed by atoms with Crippen molar-refractivity contribution in [3.63, 3.8) is 0 Å². The summed E-state index contributed by atoms with van der Waals surface area (Å²) >= 11 is 0. The molecule has 2 N–H and O–H groups in total. The average Bonchev–Trinajstić information content (AvgIpc) is 3.51. The van der Waals surface area contributed by atoms with Crippen molar-refractivity contribution in [2.75, 3.05) is 6.54 Å². The molecule has 0 bridgehead atoms. The van der Waals surface area contributed by atoms with Gasteiger partial charge in [-0.15, -0.1) is 0 Å². The Morgan fingerprint density at radius 1 is 0.968 bits per heavy atom. The molecule has 1 fully saturated rings. The number of aromatic amines is 2. The summed E-state index contributed by atoms with van der Waals surface area (Å²) in [6, 6.07) is 17.8. The van der Waals surface area contributed by atoms with Crippen LogP contribution in [0.25, 0.3) is 11.0 Å². The van der Waals surface area contributed by atoms with E-state index >= 15 is 0 Å². The number of hydrogen-bond acceptors (Lipinski definition) is 4. The van der Waals surface area contributed by atoms with E-state index in [-0.39, 0.29) is 23.4 Å². The lowest BCUT2D eigenvalue weighted by molar-refractivity contribution is 0.0721. The number of benzene rings is 2. The molecule has 0 spiro atoms. The van der Waals surface area contributed by atoms with Crippen LogP contribution in [0.5, 0.6) is 0 Å². The normalized spacial score (nSPS) is 16.8. The summed E-state index contributed by atoms with van der Waals surface area (Å²) in [5, 5.41) is 0. The molecule has 1 aliphatic carbocycles. The van der Waals surface area contributed by atoms with E-state index in [9.17, 15) is 9.59 Å². The summed E-state index contributed by atoms with van der Waals surface area (Å²) in [6.45, 7) is 0.753. The highest BCUT2D eigenvalue weighted by atomic mass is 16.2. The molecule has 2 aliphatic rings. The van der Waals surface area contributed by atoms with Gasteiger partial charge in [0.2, 0.25) is 0 Å². The molecule has 3 heterocycles. The van der Waals surface area contributed by atoms with Crippen LogP contribution in [0, 0.1) is 0 Å². The number of aromatic nitrogens is 4. The maximum absolute atomic E-state index is 13.0. The predicted molar refractivity (Wildman–Crippen MR) is 116 cm³/mol. The third-order valence-corrected chi connectivity index (χ3v) is 6.48. The number of fused-ring (bicyclic) bond motifs is 2. The molecule has 7 nitrogen and oxygen atoms in total. The Balaban J connectivity index is 1.30. The van der Waals surface area contributed by atoms with Crippen molar-refractivity contribution in [2.24, 2.45) is 0 Å².